The molecule has 0 N–H and O–H groups in total. The van der Waals surface area contributed by atoms with Crippen LogP contribution in [0.2, 0.25) is 0 Å². The Labute approximate surface area is 237 Å². The summed E-state index contributed by atoms with van der Waals surface area (Å²) in [6.07, 6.45) is 8.43. The molecule has 40 heavy (non-hydrogen) atoms. The van der Waals surface area contributed by atoms with Gasteiger partial charge in [0.1, 0.15) is 0 Å². The lowest BCUT2D eigenvalue weighted by Gasteiger charge is -2.46. The normalized spacial score (nSPS) is 15.8. The van der Waals surface area contributed by atoms with E-state index in [1.807, 2.05) is 12.1 Å². The lowest BCUT2D eigenvalue weighted by molar-refractivity contribution is 0.563. The van der Waals surface area contributed by atoms with Crippen molar-refractivity contribution in [3.05, 3.63) is 191 Å². The third-order valence-electron chi connectivity index (χ3n) is 8.97. The summed E-state index contributed by atoms with van der Waals surface area (Å²) in [5.41, 5.74) is 14.0. The van der Waals surface area contributed by atoms with Gasteiger partial charge in [-0.15, -0.1) is 0 Å². The number of fused-ring (bicyclic) bond motifs is 9. The molecular formula is C40H32. The van der Waals surface area contributed by atoms with Crippen LogP contribution in [0, 0.1) is 0 Å². The van der Waals surface area contributed by atoms with Crippen molar-refractivity contribution in [2.45, 2.75) is 24.7 Å². The van der Waals surface area contributed by atoms with Crippen LogP contribution in [0.25, 0.3) is 22.8 Å². The molecule has 1 spiro atoms. The van der Waals surface area contributed by atoms with Gasteiger partial charge in [0.25, 0.3) is 0 Å². The monoisotopic (exact) mass is 512 g/mol. The molecule has 0 atom stereocenters. The molecule has 0 amide bonds. The van der Waals surface area contributed by atoms with Crippen molar-refractivity contribution in [1.29, 1.82) is 0 Å². The largest absolute Gasteiger partial charge is 0.0984 e. The Morgan fingerprint density at radius 2 is 1.12 bits per heavy atom. The first-order chi connectivity index (χ1) is 19.6. The van der Waals surface area contributed by atoms with E-state index in [0.717, 1.165) is 5.57 Å². The van der Waals surface area contributed by atoms with Crippen LogP contribution in [0.3, 0.4) is 0 Å². The zero-order valence-electron chi connectivity index (χ0n) is 23.1. The molecule has 0 saturated heterocycles. The quantitative estimate of drug-likeness (QED) is 0.206. The highest BCUT2D eigenvalue weighted by Crippen LogP contribution is 2.62. The first-order valence-corrected chi connectivity index (χ1v) is 14.1. The van der Waals surface area contributed by atoms with Gasteiger partial charge in [0, 0.05) is 5.41 Å². The van der Waals surface area contributed by atoms with Crippen LogP contribution >= 0.6 is 0 Å². The van der Waals surface area contributed by atoms with Crippen LogP contribution in [0.15, 0.2) is 146 Å². The summed E-state index contributed by atoms with van der Waals surface area (Å²) in [7, 11) is 0. The average molecular weight is 513 g/mol. The Kier molecular flexibility index (Phi) is 5.61. The second kappa shape index (κ2) is 9.21. The summed E-state index contributed by atoms with van der Waals surface area (Å²) in [6, 6.07) is 44.6. The van der Waals surface area contributed by atoms with E-state index < -0.39 is 0 Å². The molecule has 192 valence electrons. The maximum absolute atomic E-state index is 4.04. The highest BCUT2D eigenvalue weighted by atomic mass is 14.5. The number of rotatable bonds is 4. The van der Waals surface area contributed by atoms with Crippen molar-refractivity contribution < 1.29 is 0 Å². The van der Waals surface area contributed by atoms with Crippen molar-refractivity contribution in [2.75, 3.05) is 0 Å². The van der Waals surface area contributed by atoms with Gasteiger partial charge in [0.15, 0.2) is 0 Å². The molecule has 7 rings (SSSR count). The fraction of sp³-hybridized carbons (Fsp3) is 0.100. The third kappa shape index (κ3) is 3.39. The Balaban J connectivity index is 1.46. The Bertz CT molecular complexity index is 1780. The van der Waals surface area contributed by atoms with E-state index in [1.54, 1.807) is 0 Å². The standard InChI is InChI=1S/C40H32/c1-4-29(30-16-6-5-7-17-30)18-14-15-28-25-26-32-31-19-8-9-20-33(31)40(38(32)27-28)36-23-12-10-21-34(36)39(2,3)35-22-11-13-24-37(35)40/h4-27H,1H2,2-3H3/b15-14-,29-18+. The first-order valence-electron chi connectivity index (χ1n) is 14.1. The van der Waals surface area contributed by atoms with Gasteiger partial charge in [-0.25, -0.2) is 0 Å². The molecule has 5 aromatic carbocycles. The van der Waals surface area contributed by atoms with E-state index in [2.05, 4.69) is 154 Å². The molecule has 2 aliphatic rings. The molecule has 0 heterocycles. The molecule has 5 aromatic rings. The zero-order chi connectivity index (χ0) is 27.3. The van der Waals surface area contributed by atoms with Crippen LogP contribution in [-0.2, 0) is 10.8 Å². The summed E-state index contributed by atoms with van der Waals surface area (Å²) in [5.74, 6) is 0. The third-order valence-corrected chi connectivity index (χ3v) is 8.97. The molecular weight excluding hydrogens is 480 g/mol. The summed E-state index contributed by atoms with van der Waals surface area (Å²) < 4.78 is 0. The molecule has 0 fully saturated rings. The predicted molar refractivity (Wildman–Crippen MR) is 170 cm³/mol. The van der Waals surface area contributed by atoms with Crippen LogP contribution in [0.4, 0.5) is 0 Å². The lowest BCUT2D eigenvalue weighted by atomic mass is 9.55. The highest BCUT2D eigenvalue weighted by Gasteiger charge is 2.53. The van der Waals surface area contributed by atoms with E-state index >= 15 is 0 Å². The molecule has 0 bridgehead atoms. The van der Waals surface area contributed by atoms with Gasteiger partial charge in [0.2, 0.25) is 0 Å². The van der Waals surface area contributed by atoms with Gasteiger partial charge in [0.05, 0.1) is 5.41 Å². The SMILES string of the molecule is C=C/C(=C\C=C/c1ccc2c(c1)C1(c3ccccc3-2)c2ccccc2C(C)(C)c2ccccc21)c1ccccc1. The van der Waals surface area contributed by atoms with E-state index in [1.165, 1.54) is 55.6 Å². The van der Waals surface area contributed by atoms with Crippen LogP contribution < -0.4 is 0 Å². The van der Waals surface area contributed by atoms with Gasteiger partial charge in [-0.05, 0) is 67.3 Å². The fourth-order valence-electron chi connectivity index (χ4n) is 7.16. The molecule has 0 unspecified atom stereocenters. The summed E-state index contributed by atoms with van der Waals surface area (Å²) in [6.45, 7) is 8.78. The van der Waals surface area contributed by atoms with Crippen LogP contribution in [0.5, 0.6) is 0 Å². The predicted octanol–water partition coefficient (Wildman–Crippen LogP) is 9.97. The lowest BCUT2D eigenvalue weighted by Crippen LogP contribution is -2.40. The van der Waals surface area contributed by atoms with Gasteiger partial charge in [-0.2, -0.15) is 0 Å². The van der Waals surface area contributed by atoms with Crippen molar-refractivity contribution in [2.24, 2.45) is 0 Å². The van der Waals surface area contributed by atoms with Crippen molar-refractivity contribution >= 4 is 11.6 Å². The van der Waals surface area contributed by atoms with Crippen molar-refractivity contribution in [3.63, 3.8) is 0 Å². The smallest absolute Gasteiger partial charge is 0.0719 e. The molecule has 0 saturated carbocycles. The molecule has 0 nitrogen and oxygen atoms in total. The van der Waals surface area contributed by atoms with Crippen LogP contribution in [0.1, 0.15) is 58.4 Å². The highest BCUT2D eigenvalue weighted by molar-refractivity contribution is 5.89. The topological polar surface area (TPSA) is 0 Å². The minimum atomic E-state index is -0.357. The van der Waals surface area contributed by atoms with E-state index in [0.29, 0.717) is 0 Å². The number of hydrogen-bond donors (Lipinski definition) is 0. The minimum absolute atomic E-state index is 0.0863. The maximum atomic E-state index is 4.04. The van der Waals surface area contributed by atoms with E-state index in [9.17, 15) is 0 Å². The molecule has 0 aromatic heterocycles. The van der Waals surface area contributed by atoms with Crippen LogP contribution in [-0.4, -0.2) is 0 Å². The number of benzene rings is 5. The van der Waals surface area contributed by atoms with E-state index in [-0.39, 0.29) is 10.8 Å². The molecule has 0 radical (unpaired) electrons. The second-order valence-electron chi connectivity index (χ2n) is 11.4. The summed E-state index contributed by atoms with van der Waals surface area (Å²) >= 11 is 0. The number of hydrogen-bond acceptors (Lipinski definition) is 0. The van der Waals surface area contributed by atoms with Gasteiger partial charge in [-0.3, -0.25) is 0 Å². The average Bonchev–Trinajstić information content (AvgIpc) is 3.29. The summed E-state index contributed by atoms with van der Waals surface area (Å²) in [5, 5.41) is 0. The first kappa shape index (κ1) is 24.4. The molecule has 2 aliphatic carbocycles. The number of allylic oxidation sites excluding steroid dienone is 4. The van der Waals surface area contributed by atoms with Gasteiger partial charge in [-0.1, -0.05) is 160 Å². The van der Waals surface area contributed by atoms with Gasteiger partial charge >= 0.3 is 0 Å². The molecule has 0 heteroatoms. The maximum Gasteiger partial charge on any atom is 0.0719 e. The Hall–Kier alpha value is -4.68. The minimum Gasteiger partial charge on any atom is -0.0984 e. The zero-order valence-corrected chi connectivity index (χ0v) is 23.1. The Morgan fingerprint density at radius 1 is 0.575 bits per heavy atom. The van der Waals surface area contributed by atoms with Crippen molar-refractivity contribution in [3.8, 4) is 11.1 Å². The summed E-state index contributed by atoms with van der Waals surface area (Å²) in [4.78, 5) is 0. The van der Waals surface area contributed by atoms with Crippen molar-refractivity contribution in [1.82, 2.24) is 0 Å². The van der Waals surface area contributed by atoms with Gasteiger partial charge < -0.3 is 0 Å². The molecule has 0 aliphatic heterocycles. The Morgan fingerprint density at radius 3 is 1.77 bits per heavy atom. The second-order valence-corrected chi connectivity index (χ2v) is 11.4. The van der Waals surface area contributed by atoms with E-state index in [4.69, 9.17) is 0 Å². The fourth-order valence-corrected chi connectivity index (χ4v) is 7.16.